The summed E-state index contributed by atoms with van der Waals surface area (Å²) in [4.78, 5) is 4.87. The van der Waals surface area contributed by atoms with Crippen LogP contribution in [-0.2, 0) is 13.5 Å². The molecule has 0 spiro atoms. The molecule has 1 aromatic rings. The normalized spacial score (nSPS) is 19.0. The molecule has 1 aromatic heterocycles. The van der Waals surface area contributed by atoms with Gasteiger partial charge in [0.25, 0.3) is 0 Å². The number of rotatable bonds is 5. The molecule has 0 saturated carbocycles. The summed E-state index contributed by atoms with van der Waals surface area (Å²) in [5.74, 6) is 0. The quantitative estimate of drug-likeness (QED) is 0.799. The van der Waals surface area contributed by atoms with Gasteiger partial charge in [0.2, 0.25) is 0 Å². The summed E-state index contributed by atoms with van der Waals surface area (Å²) < 4.78 is 1.95. The van der Waals surface area contributed by atoms with Crippen LogP contribution in [0.1, 0.15) is 12.1 Å². The van der Waals surface area contributed by atoms with Crippen molar-refractivity contribution in [2.45, 2.75) is 12.8 Å². The highest BCUT2D eigenvalue weighted by Crippen LogP contribution is 2.05. The lowest BCUT2D eigenvalue weighted by molar-refractivity contribution is 0.197. The van der Waals surface area contributed by atoms with Gasteiger partial charge in [0.15, 0.2) is 0 Å². The van der Waals surface area contributed by atoms with Gasteiger partial charge in [-0.05, 0) is 25.6 Å². The molecule has 0 radical (unpaired) electrons. The van der Waals surface area contributed by atoms with Gasteiger partial charge in [-0.25, -0.2) is 0 Å². The third-order valence-electron chi connectivity index (χ3n) is 3.70. The molecule has 2 heterocycles. The van der Waals surface area contributed by atoms with Crippen molar-refractivity contribution in [2.75, 3.05) is 45.9 Å². The molecule has 1 N–H and O–H groups in total. The molecule has 0 bridgehead atoms. The number of aromatic nitrogens is 2. The summed E-state index contributed by atoms with van der Waals surface area (Å²) in [5, 5.41) is 13.2. The second-order valence-corrected chi connectivity index (χ2v) is 4.96. The topological polar surface area (TPSA) is 44.5 Å². The molecular weight excluding hydrogens is 228 g/mol. The number of β-amino-alcohol motifs (C(OH)–C–C–N with tert-alkyl or cyclic N) is 1. The summed E-state index contributed by atoms with van der Waals surface area (Å²) in [6.45, 7) is 6.66. The van der Waals surface area contributed by atoms with E-state index in [9.17, 15) is 0 Å². The number of aryl methyl sites for hydroxylation is 1. The molecule has 0 aromatic carbocycles. The van der Waals surface area contributed by atoms with Crippen LogP contribution in [0.4, 0.5) is 0 Å². The lowest BCUT2D eigenvalue weighted by Gasteiger charge is -2.21. The SMILES string of the molecule is Cn1nccc1CCN1CCCN(CCO)CC1. The molecule has 0 amide bonds. The fourth-order valence-corrected chi connectivity index (χ4v) is 2.53. The minimum atomic E-state index is 0.273. The minimum absolute atomic E-state index is 0.273. The van der Waals surface area contributed by atoms with E-state index in [1.165, 1.54) is 18.7 Å². The van der Waals surface area contributed by atoms with Gasteiger partial charge in [-0.1, -0.05) is 0 Å². The fraction of sp³-hybridized carbons (Fsp3) is 0.769. The Hall–Kier alpha value is -0.910. The molecule has 5 nitrogen and oxygen atoms in total. The second-order valence-electron chi connectivity index (χ2n) is 4.96. The second kappa shape index (κ2) is 6.87. The average Bonchev–Trinajstić information content (AvgIpc) is 2.63. The Morgan fingerprint density at radius 1 is 1.17 bits per heavy atom. The molecule has 5 heteroatoms. The fourth-order valence-electron chi connectivity index (χ4n) is 2.53. The highest BCUT2D eigenvalue weighted by molar-refractivity contribution is 5.00. The van der Waals surface area contributed by atoms with Crippen LogP contribution in [0.5, 0.6) is 0 Å². The summed E-state index contributed by atoms with van der Waals surface area (Å²) >= 11 is 0. The van der Waals surface area contributed by atoms with Gasteiger partial charge in [-0.3, -0.25) is 9.58 Å². The maximum atomic E-state index is 8.97. The van der Waals surface area contributed by atoms with E-state index in [2.05, 4.69) is 21.0 Å². The lowest BCUT2D eigenvalue weighted by Crippen LogP contribution is -2.33. The van der Waals surface area contributed by atoms with Crippen molar-refractivity contribution in [3.05, 3.63) is 18.0 Å². The zero-order valence-corrected chi connectivity index (χ0v) is 11.3. The van der Waals surface area contributed by atoms with Crippen molar-refractivity contribution < 1.29 is 5.11 Å². The Labute approximate surface area is 109 Å². The third-order valence-corrected chi connectivity index (χ3v) is 3.70. The molecule has 18 heavy (non-hydrogen) atoms. The Bertz CT molecular complexity index is 353. The van der Waals surface area contributed by atoms with Gasteiger partial charge >= 0.3 is 0 Å². The van der Waals surface area contributed by atoms with E-state index in [0.29, 0.717) is 0 Å². The predicted molar refractivity (Wildman–Crippen MR) is 71.5 cm³/mol. The number of aliphatic hydroxyl groups excluding tert-OH is 1. The first-order valence-corrected chi connectivity index (χ1v) is 6.82. The molecule has 1 aliphatic heterocycles. The van der Waals surface area contributed by atoms with Crippen LogP contribution in [0.25, 0.3) is 0 Å². The Kier molecular flexibility index (Phi) is 5.16. The van der Waals surface area contributed by atoms with Gasteiger partial charge in [0, 0.05) is 51.5 Å². The summed E-state index contributed by atoms with van der Waals surface area (Å²) in [5.41, 5.74) is 1.30. The van der Waals surface area contributed by atoms with E-state index in [1.807, 2.05) is 17.9 Å². The van der Waals surface area contributed by atoms with Crippen LogP contribution in [0.3, 0.4) is 0 Å². The monoisotopic (exact) mass is 252 g/mol. The first-order chi connectivity index (χ1) is 8.79. The molecular formula is C13H24N4O. The van der Waals surface area contributed by atoms with Crippen molar-refractivity contribution >= 4 is 0 Å². The minimum Gasteiger partial charge on any atom is -0.395 e. The third kappa shape index (κ3) is 3.80. The number of aliphatic hydroxyl groups is 1. The van der Waals surface area contributed by atoms with Gasteiger partial charge in [0.05, 0.1) is 6.61 Å². The molecule has 2 rings (SSSR count). The van der Waals surface area contributed by atoms with Crippen LogP contribution in [0, 0.1) is 0 Å². The van der Waals surface area contributed by atoms with Gasteiger partial charge in [0.1, 0.15) is 0 Å². The zero-order valence-electron chi connectivity index (χ0n) is 11.3. The lowest BCUT2D eigenvalue weighted by atomic mass is 10.3. The summed E-state index contributed by atoms with van der Waals surface area (Å²) in [7, 11) is 2.00. The highest BCUT2D eigenvalue weighted by Gasteiger charge is 2.14. The largest absolute Gasteiger partial charge is 0.395 e. The van der Waals surface area contributed by atoms with E-state index >= 15 is 0 Å². The van der Waals surface area contributed by atoms with Gasteiger partial charge in [-0.15, -0.1) is 0 Å². The van der Waals surface area contributed by atoms with Crippen LogP contribution < -0.4 is 0 Å². The maximum Gasteiger partial charge on any atom is 0.0558 e. The zero-order chi connectivity index (χ0) is 12.8. The molecule has 1 saturated heterocycles. The van der Waals surface area contributed by atoms with Crippen molar-refractivity contribution in [2.24, 2.45) is 7.05 Å². The van der Waals surface area contributed by atoms with Crippen LogP contribution in [-0.4, -0.2) is 70.6 Å². The van der Waals surface area contributed by atoms with Crippen LogP contribution in [0.15, 0.2) is 12.3 Å². The highest BCUT2D eigenvalue weighted by atomic mass is 16.3. The van der Waals surface area contributed by atoms with Crippen LogP contribution in [0.2, 0.25) is 0 Å². The average molecular weight is 252 g/mol. The summed E-state index contributed by atoms with van der Waals surface area (Å²) in [6, 6.07) is 2.09. The first-order valence-electron chi connectivity index (χ1n) is 6.82. The van der Waals surface area contributed by atoms with E-state index in [4.69, 9.17) is 5.11 Å². The van der Waals surface area contributed by atoms with Crippen molar-refractivity contribution in [3.63, 3.8) is 0 Å². The summed E-state index contributed by atoms with van der Waals surface area (Å²) in [6.07, 6.45) is 4.13. The van der Waals surface area contributed by atoms with E-state index in [1.54, 1.807) is 0 Å². The predicted octanol–water partition coefficient (Wildman–Crippen LogP) is -0.0374. The number of hydrogen-bond acceptors (Lipinski definition) is 4. The van der Waals surface area contributed by atoms with Crippen molar-refractivity contribution in [1.29, 1.82) is 0 Å². The van der Waals surface area contributed by atoms with Gasteiger partial charge in [-0.2, -0.15) is 5.10 Å². The maximum absolute atomic E-state index is 8.97. The van der Waals surface area contributed by atoms with E-state index in [0.717, 1.165) is 39.1 Å². The number of hydrogen-bond donors (Lipinski definition) is 1. The smallest absolute Gasteiger partial charge is 0.0558 e. The standard InChI is InChI=1S/C13H24N4O/c1-15-13(3-5-14-15)4-8-16-6-2-7-17(10-9-16)11-12-18/h3,5,18H,2,4,6-12H2,1H3. The molecule has 1 aliphatic rings. The number of nitrogens with zero attached hydrogens (tertiary/aromatic N) is 4. The molecule has 0 aliphatic carbocycles. The first kappa shape index (κ1) is 13.5. The molecule has 0 unspecified atom stereocenters. The molecule has 0 atom stereocenters. The van der Waals surface area contributed by atoms with Crippen molar-refractivity contribution in [3.8, 4) is 0 Å². The molecule has 1 fully saturated rings. The van der Waals surface area contributed by atoms with Crippen LogP contribution >= 0.6 is 0 Å². The Balaban J connectivity index is 1.75. The van der Waals surface area contributed by atoms with Crippen molar-refractivity contribution in [1.82, 2.24) is 19.6 Å². The molecule has 102 valence electrons. The van der Waals surface area contributed by atoms with E-state index in [-0.39, 0.29) is 6.61 Å². The Morgan fingerprint density at radius 2 is 1.89 bits per heavy atom. The Morgan fingerprint density at radius 3 is 2.50 bits per heavy atom. The van der Waals surface area contributed by atoms with Gasteiger partial charge < -0.3 is 10.0 Å². The van der Waals surface area contributed by atoms with E-state index < -0.39 is 0 Å².